The first-order valence-corrected chi connectivity index (χ1v) is 8.23. The number of benzene rings is 2. The minimum atomic E-state index is 0.0316. The highest BCUT2D eigenvalue weighted by atomic mass is 35.5. The van der Waals surface area contributed by atoms with Crippen LogP contribution < -0.4 is 0 Å². The quantitative estimate of drug-likeness (QED) is 0.530. The molecule has 3 heteroatoms. The Hall–Kier alpha value is -2.24. The van der Waals surface area contributed by atoms with E-state index in [9.17, 15) is 10.4 Å². The Labute approximate surface area is 149 Å². The summed E-state index contributed by atoms with van der Waals surface area (Å²) in [6.07, 6.45) is 0. The highest BCUT2D eigenvalue weighted by molar-refractivity contribution is 6.31. The molecule has 0 saturated heterocycles. The predicted octanol–water partition coefficient (Wildman–Crippen LogP) is 6.11. The van der Waals surface area contributed by atoms with Crippen LogP contribution in [0.15, 0.2) is 36.4 Å². The van der Waals surface area contributed by atoms with E-state index in [-0.39, 0.29) is 11.2 Å². The maximum atomic E-state index is 9.78. The Morgan fingerprint density at radius 3 is 2.33 bits per heavy atom. The molecule has 2 aromatic rings. The predicted molar refractivity (Wildman–Crippen MR) is 101 cm³/mol. The number of aryl methyl sites for hydroxylation is 1. The number of aromatic hydroxyl groups is 1. The lowest BCUT2D eigenvalue weighted by atomic mass is 9.83. The molecule has 0 amide bonds. The van der Waals surface area contributed by atoms with Crippen molar-refractivity contribution in [3.05, 3.63) is 63.7 Å². The van der Waals surface area contributed by atoms with Crippen LogP contribution in [0.5, 0.6) is 5.75 Å². The molecule has 0 bridgehead atoms. The van der Waals surface area contributed by atoms with Crippen LogP contribution in [0.3, 0.4) is 0 Å². The first kappa shape index (κ1) is 18.1. The molecule has 0 spiro atoms. The molecule has 0 unspecified atom stereocenters. The fourth-order valence-electron chi connectivity index (χ4n) is 2.71. The van der Waals surface area contributed by atoms with Gasteiger partial charge in [0.25, 0.3) is 0 Å². The number of phenols is 1. The molecule has 0 aliphatic rings. The summed E-state index contributed by atoms with van der Waals surface area (Å²) in [5.41, 5.74) is 5.42. The topological polar surface area (TPSA) is 44.0 Å². The van der Waals surface area contributed by atoms with Gasteiger partial charge in [0, 0.05) is 5.02 Å². The number of nitrogens with zero attached hydrogens (tertiary/aromatic N) is 1. The summed E-state index contributed by atoms with van der Waals surface area (Å²) in [6.45, 7) is 10.5. The molecule has 0 aliphatic carbocycles. The van der Waals surface area contributed by atoms with Crippen molar-refractivity contribution in [2.75, 3.05) is 0 Å². The second kappa shape index (κ2) is 6.71. The number of halogens is 1. The highest BCUT2D eigenvalue weighted by Gasteiger charge is 2.17. The van der Waals surface area contributed by atoms with Crippen LogP contribution in [0.1, 0.15) is 49.9 Å². The first-order valence-electron chi connectivity index (χ1n) is 7.86. The number of nitriles is 1. The SMILES string of the molecule is C/C(=C(\C#N)c1cc(O)cc(Cl)c1)c1cc(C(C)(C)C)ccc1C. The Bertz CT molecular complexity index is 831. The molecular weight excluding hydrogens is 318 g/mol. The van der Waals surface area contributed by atoms with Crippen molar-refractivity contribution in [3.63, 3.8) is 0 Å². The van der Waals surface area contributed by atoms with Gasteiger partial charge in [0.2, 0.25) is 0 Å². The van der Waals surface area contributed by atoms with Gasteiger partial charge in [-0.15, -0.1) is 0 Å². The van der Waals surface area contributed by atoms with Crippen LogP contribution in [-0.2, 0) is 5.41 Å². The molecule has 0 aliphatic heterocycles. The third-order valence-corrected chi connectivity index (χ3v) is 4.38. The van der Waals surface area contributed by atoms with Crippen molar-refractivity contribution < 1.29 is 5.11 Å². The smallest absolute Gasteiger partial charge is 0.117 e. The normalized spacial score (nSPS) is 12.5. The molecule has 0 fully saturated rings. The lowest BCUT2D eigenvalue weighted by Crippen LogP contribution is -2.11. The van der Waals surface area contributed by atoms with E-state index in [1.807, 2.05) is 13.8 Å². The summed E-state index contributed by atoms with van der Waals surface area (Å²) >= 11 is 6.03. The number of phenolic OH excluding ortho intramolecular Hbond substituents is 1. The Morgan fingerprint density at radius 2 is 1.79 bits per heavy atom. The molecule has 0 saturated carbocycles. The van der Waals surface area contributed by atoms with Crippen molar-refractivity contribution in [2.45, 2.75) is 40.0 Å². The maximum absolute atomic E-state index is 9.78. The zero-order valence-electron chi connectivity index (χ0n) is 14.7. The van der Waals surface area contributed by atoms with Crippen LogP contribution in [0.4, 0.5) is 0 Å². The second-order valence-electron chi connectivity index (χ2n) is 7.09. The molecule has 0 radical (unpaired) electrons. The number of rotatable bonds is 2. The average Bonchev–Trinajstić information content (AvgIpc) is 2.46. The lowest BCUT2D eigenvalue weighted by molar-refractivity contribution is 0.475. The van der Waals surface area contributed by atoms with Crippen LogP contribution in [0, 0.1) is 18.3 Å². The number of hydrogen-bond donors (Lipinski definition) is 1. The Kier molecular flexibility index (Phi) is 5.06. The average molecular weight is 340 g/mol. The van der Waals surface area contributed by atoms with E-state index in [1.165, 1.54) is 11.6 Å². The molecule has 124 valence electrons. The Morgan fingerprint density at radius 1 is 1.12 bits per heavy atom. The fourth-order valence-corrected chi connectivity index (χ4v) is 2.94. The fraction of sp³-hybridized carbons (Fsp3) is 0.286. The van der Waals surface area contributed by atoms with Gasteiger partial charge in [0.1, 0.15) is 11.8 Å². The van der Waals surface area contributed by atoms with Crippen molar-refractivity contribution in [2.24, 2.45) is 0 Å². The molecule has 2 nitrogen and oxygen atoms in total. The summed E-state index contributed by atoms with van der Waals surface area (Å²) in [7, 11) is 0. The summed E-state index contributed by atoms with van der Waals surface area (Å²) in [5, 5.41) is 19.9. The summed E-state index contributed by atoms with van der Waals surface area (Å²) < 4.78 is 0. The molecule has 2 rings (SSSR count). The molecular formula is C21H22ClNO. The van der Waals surface area contributed by atoms with Gasteiger partial charge in [-0.1, -0.05) is 50.6 Å². The third kappa shape index (κ3) is 3.80. The van der Waals surface area contributed by atoms with Crippen molar-refractivity contribution in [1.29, 1.82) is 5.26 Å². The minimum Gasteiger partial charge on any atom is -0.508 e. The van der Waals surface area contributed by atoms with Crippen molar-refractivity contribution in [1.82, 2.24) is 0 Å². The van der Waals surface area contributed by atoms with Crippen LogP contribution >= 0.6 is 11.6 Å². The standard InChI is InChI=1S/C21H22ClNO/c1-13-6-7-16(21(3,4)5)10-19(13)14(2)20(12-23)15-8-17(22)11-18(24)9-15/h6-11,24H,1-5H3/b20-14-. The van der Waals surface area contributed by atoms with E-state index in [2.05, 4.69) is 45.0 Å². The monoisotopic (exact) mass is 339 g/mol. The first-order chi connectivity index (χ1) is 11.1. The van der Waals surface area contributed by atoms with Gasteiger partial charge in [-0.25, -0.2) is 0 Å². The van der Waals surface area contributed by atoms with E-state index in [4.69, 9.17) is 11.6 Å². The van der Waals surface area contributed by atoms with Crippen LogP contribution in [-0.4, -0.2) is 5.11 Å². The van der Waals surface area contributed by atoms with Gasteiger partial charge in [-0.3, -0.25) is 0 Å². The molecule has 2 aromatic carbocycles. The summed E-state index contributed by atoms with van der Waals surface area (Å²) in [5.74, 6) is 0.0539. The molecule has 0 heterocycles. The van der Waals surface area contributed by atoms with Gasteiger partial charge < -0.3 is 5.11 Å². The second-order valence-corrected chi connectivity index (χ2v) is 7.53. The lowest BCUT2D eigenvalue weighted by Gasteiger charge is -2.21. The van der Waals surface area contributed by atoms with Gasteiger partial charge >= 0.3 is 0 Å². The van der Waals surface area contributed by atoms with Gasteiger partial charge in [0.15, 0.2) is 0 Å². The molecule has 0 atom stereocenters. The van der Waals surface area contributed by atoms with Gasteiger partial charge in [0.05, 0.1) is 5.57 Å². The minimum absolute atomic E-state index is 0.0316. The zero-order valence-corrected chi connectivity index (χ0v) is 15.5. The molecule has 0 aromatic heterocycles. The zero-order chi connectivity index (χ0) is 18.1. The molecule has 24 heavy (non-hydrogen) atoms. The summed E-state index contributed by atoms with van der Waals surface area (Å²) in [6, 6.07) is 13.4. The van der Waals surface area contributed by atoms with Crippen molar-refractivity contribution >= 4 is 22.7 Å². The largest absolute Gasteiger partial charge is 0.508 e. The highest BCUT2D eigenvalue weighted by Crippen LogP contribution is 2.33. The van der Waals surface area contributed by atoms with Crippen LogP contribution in [0.2, 0.25) is 5.02 Å². The Balaban J connectivity index is 2.69. The third-order valence-electron chi connectivity index (χ3n) is 4.17. The van der Waals surface area contributed by atoms with E-state index in [0.29, 0.717) is 16.2 Å². The van der Waals surface area contributed by atoms with Crippen LogP contribution in [0.25, 0.3) is 11.1 Å². The summed E-state index contributed by atoms with van der Waals surface area (Å²) in [4.78, 5) is 0. The van der Waals surface area contributed by atoms with E-state index in [1.54, 1.807) is 12.1 Å². The number of allylic oxidation sites excluding steroid dienone is 2. The number of hydrogen-bond acceptors (Lipinski definition) is 2. The van der Waals surface area contributed by atoms with E-state index in [0.717, 1.165) is 16.7 Å². The molecule has 1 N–H and O–H groups in total. The van der Waals surface area contributed by atoms with Crippen molar-refractivity contribution in [3.8, 4) is 11.8 Å². The van der Waals surface area contributed by atoms with Gasteiger partial charge in [-0.05, 0) is 65.3 Å². The van der Waals surface area contributed by atoms with E-state index >= 15 is 0 Å². The van der Waals surface area contributed by atoms with E-state index < -0.39 is 0 Å². The van der Waals surface area contributed by atoms with Gasteiger partial charge in [-0.2, -0.15) is 5.26 Å². The maximum Gasteiger partial charge on any atom is 0.117 e.